The van der Waals surface area contributed by atoms with Crippen molar-refractivity contribution < 1.29 is 19.1 Å². The van der Waals surface area contributed by atoms with E-state index < -0.39 is 11.9 Å². The highest BCUT2D eigenvalue weighted by atomic mass is 16.5. The lowest BCUT2D eigenvalue weighted by Gasteiger charge is -2.05. The van der Waals surface area contributed by atoms with Gasteiger partial charge in [-0.25, -0.2) is 4.79 Å². The van der Waals surface area contributed by atoms with Crippen molar-refractivity contribution in [2.45, 2.75) is 19.8 Å². The van der Waals surface area contributed by atoms with Crippen molar-refractivity contribution in [1.29, 1.82) is 0 Å². The van der Waals surface area contributed by atoms with Crippen LogP contribution in [0.3, 0.4) is 0 Å². The molecule has 0 spiro atoms. The fourth-order valence-electron chi connectivity index (χ4n) is 0.814. The van der Waals surface area contributed by atoms with Crippen molar-refractivity contribution in [1.82, 2.24) is 10.9 Å². The fourth-order valence-corrected chi connectivity index (χ4v) is 0.814. The van der Waals surface area contributed by atoms with Crippen molar-refractivity contribution >= 4 is 17.8 Å². The van der Waals surface area contributed by atoms with Gasteiger partial charge in [0.2, 0.25) is 5.91 Å². The monoisotopic (exact) mass is 200 g/mol. The Morgan fingerprint density at radius 1 is 1.29 bits per heavy atom. The highest BCUT2D eigenvalue weighted by molar-refractivity contribution is 6.32. The summed E-state index contributed by atoms with van der Waals surface area (Å²) in [7, 11) is 0. The normalized spacial score (nSPS) is 14.4. The number of hydrogen-bond acceptors (Lipinski definition) is 4. The third-order valence-corrected chi connectivity index (χ3v) is 1.71. The summed E-state index contributed by atoms with van der Waals surface area (Å²) in [4.78, 5) is 32.6. The average Bonchev–Trinajstić information content (AvgIpc) is 2.97. The van der Waals surface area contributed by atoms with Crippen molar-refractivity contribution in [3.8, 4) is 0 Å². The maximum absolute atomic E-state index is 11.0. The van der Waals surface area contributed by atoms with Gasteiger partial charge in [-0.1, -0.05) is 0 Å². The molecule has 6 nitrogen and oxygen atoms in total. The highest BCUT2D eigenvalue weighted by Crippen LogP contribution is 2.28. The molecule has 1 fully saturated rings. The number of hydrazine groups is 1. The van der Waals surface area contributed by atoms with Crippen LogP contribution in [0, 0.1) is 5.92 Å². The number of carbonyl (C=O) groups is 3. The first-order valence-corrected chi connectivity index (χ1v) is 4.42. The van der Waals surface area contributed by atoms with Gasteiger partial charge in [0, 0.05) is 5.92 Å². The highest BCUT2D eigenvalue weighted by Gasteiger charge is 2.30. The molecule has 0 bridgehead atoms. The second-order valence-electron chi connectivity index (χ2n) is 2.94. The molecule has 0 aromatic rings. The van der Waals surface area contributed by atoms with E-state index in [4.69, 9.17) is 0 Å². The van der Waals surface area contributed by atoms with Crippen LogP contribution in [-0.2, 0) is 19.1 Å². The van der Waals surface area contributed by atoms with Crippen LogP contribution in [0.1, 0.15) is 19.8 Å². The summed E-state index contributed by atoms with van der Waals surface area (Å²) in [6.07, 6.45) is 1.67. The number of ether oxygens (including phenoxy) is 1. The lowest BCUT2D eigenvalue weighted by atomic mass is 10.4. The van der Waals surface area contributed by atoms with Crippen LogP contribution in [-0.4, -0.2) is 24.4 Å². The second kappa shape index (κ2) is 4.59. The van der Waals surface area contributed by atoms with Crippen molar-refractivity contribution in [3.05, 3.63) is 0 Å². The molecule has 0 atom stereocenters. The summed E-state index contributed by atoms with van der Waals surface area (Å²) in [5.41, 5.74) is 4.12. The zero-order valence-electron chi connectivity index (χ0n) is 7.83. The summed E-state index contributed by atoms with van der Waals surface area (Å²) in [5.74, 6) is -2.23. The molecule has 0 aliphatic heterocycles. The molecule has 0 aromatic carbocycles. The number of nitrogens with one attached hydrogen (secondary N) is 2. The Hall–Kier alpha value is -1.59. The minimum atomic E-state index is -0.997. The van der Waals surface area contributed by atoms with Crippen molar-refractivity contribution in [2.75, 3.05) is 6.61 Å². The molecule has 1 aliphatic rings. The van der Waals surface area contributed by atoms with Crippen LogP contribution in [0.15, 0.2) is 0 Å². The first kappa shape index (κ1) is 10.5. The quantitative estimate of drug-likeness (QED) is 0.344. The first-order chi connectivity index (χ1) is 6.65. The molecule has 0 saturated heterocycles. The molecular formula is C8H12N2O4. The summed E-state index contributed by atoms with van der Waals surface area (Å²) >= 11 is 0. The summed E-state index contributed by atoms with van der Waals surface area (Å²) in [6, 6.07) is 0. The zero-order valence-corrected chi connectivity index (χ0v) is 7.83. The molecule has 1 saturated carbocycles. The topological polar surface area (TPSA) is 84.5 Å². The van der Waals surface area contributed by atoms with Gasteiger partial charge < -0.3 is 4.74 Å². The first-order valence-electron chi connectivity index (χ1n) is 4.42. The molecule has 2 N–H and O–H groups in total. The van der Waals surface area contributed by atoms with E-state index in [1.165, 1.54) is 0 Å². The van der Waals surface area contributed by atoms with E-state index in [2.05, 4.69) is 10.2 Å². The van der Waals surface area contributed by atoms with Gasteiger partial charge in [0.05, 0.1) is 6.61 Å². The number of esters is 1. The van der Waals surface area contributed by atoms with Gasteiger partial charge in [-0.15, -0.1) is 0 Å². The molecule has 1 rings (SSSR count). The minimum absolute atomic E-state index is 0.0162. The smallest absolute Gasteiger partial charge is 0.398 e. The maximum Gasteiger partial charge on any atom is 0.398 e. The van der Waals surface area contributed by atoms with Gasteiger partial charge in [0.1, 0.15) is 0 Å². The van der Waals surface area contributed by atoms with Gasteiger partial charge >= 0.3 is 11.9 Å². The molecule has 78 valence electrons. The summed E-state index contributed by atoms with van der Waals surface area (Å²) < 4.78 is 4.41. The van der Waals surface area contributed by atoms with Gasteiger partial charge in [-0.05, 0) is 19.8 Å². The van der Waals surface area contributed by atoms with E-state index in [-0.39, 0.29) is 18.4 Å². The maximum atomic E-state index is 11.0. The Morgan fingerprint density at radius 3 is 2.43 bits per heavy atom. The molecule has 0 aromatic heterocycles. The third kappa shape index (κ3) is 3.04. The van der Waals surface area contributed by atoms with E-state index >= 15 is 0 Å². The SMILES string of the molecule is CCOC(=O)C(=O)NNC(=O)C1CC1. The predicted molar refractivity (Wildman–Crippen MR) is 45.6 cm³/mol. The lowest BCUT2D eigenvalue weighted by Crippen LogP contribution is -2.46. The predicted octanol–water partition coefficient (Wildman–Crippen LogP) is -0.893. The fraction of sp³-hybridized carbons (Fsp3) is 0.625. The van der Waals surface area contributed by atoms with E-state index in [1.807, 2.05) is 5.43 Å². The Bertz CT molecular complexity index is 260. The Balaban J connectivity index is 2.19. The van der Waals surface area contributed by atoms with E-state index in [9.17, 15) is 14.4 Å². The van der Waals surface area contributed by atoms with Crippen molar-refractivity contribution in [2.24, 2.45) is 5.92 Å². The van der Waals surface area contributed by atoms with Crippen LogP contribution in [0.5, 0.6) is 0 Å². The van der Waals surface area contributed by atoms with Gasteiger partial charge in [-0.3, -0.25) is 20.4 Å². The molecule has 0 radical (unpaired) electrons. The second-order valence-corrected chi connectivity index (χ2v) is 2.94. The number of amides is 2. The van der Waals surface area contributed by atoms with Gasteiger partial charge in [0.25, 0.3) is 0 Å². The molecule has 0 heterocycles. The molecular weight excluding hydrogens is 188 g/mol. The van der Waals surface area contributed by atoms with E-state index in [0.717, 1.165) is 12.8 Å². The summed E-state index contributed by atoms with van der Waals surface area (Å²) in [6.45, 7) is 1.72. The van der Waals surface area contributed by atoms with Gasteiger partial charge in [0.15, 0.2) is 0 Å². The van der Waals surface area contributed by atoms with Crippen LogP contribution < -0.4 is 10.9 Å². The molecule has 14 heavy (non-hydrogen) atoms. The largest absolute Gasteiger partial charge is 0.459 e. The summed E-state index contributed by atoms with van der Waals surface area (Å²) in [5, 5.41) is 0. The Morgan fingerprint density at radius 2 is 1.93 bits per heavy atom. The number of rotatable bonds is 2. The third-order valence-electron chi connectivity index (χ3n) is 1.71. The van der Waals surface area contributed by atoms with Crippen LogP contribution in [0.2, 0.25) is 0 Å². The molecule has 1 aliphatic carbocycles. The Labute approximate surface area is 81.0 Å². The average molecular weight is 200 g/mol. The van der Waals surface area contributed by atoms with Crippen LogP contribution in [0.25, 0.3) is 0 Å². The molecule has 2 amide bonds. The minimum Gasteiger partial charge on any atom is -0.459 e. The standard InChI is InChI=1S/C8H12N2O4/c1-2-14-8(13)7(12)10-9-6(11)5-3-4-5/h5H,2-4H2,1H3,(H,9,11)(H,10,12). The Kier molecular flexibility index (Phi) is 3.44. The van der Waals surface area contributed by atoms with Gasteiger partial charge in [-0.2, -0.15) is 0 Å². The lowest BCUT2D eigenvalue weighted by molar-refractivity contribution is -0.155. The number of hydrogen-bond donors (Lipinski definition) is 2. The van der Waals surface area contributed by atoms with Crippen LogP contribution in [0.4, 0.5) is 0 Å². The number of carbonyl (C=O) groups excluding carboxylic acids is 3. The molecule has 6 heteroatoms. The van der Waals surface area contributed by atoms with E-state index in [0.29, 0.717) is 0 Å². The van der Waals surface area contributed by atoms with Crippen molar-refractivity contribution in [3.63, 3.8) is 0 Å². The molecule has 0 unspecified atom stereocenters. The zero-order chi connectivity index (χ0) is 10.6. The van der Waals surface area contributed by atoms with E-state index in [1.54, 1.807) is 6.92 Å². The van der Waals surface area contributed by atoms with Crippen LogP contribution >= 0.6 is 0 Å².